The molecule has 0 aromatic heterocycles. The van der Waals surface area contributed by atoms with Crippen molar-refractivity contribution in [2.45, 2.75) is 45.6 Å². The van der Waals surface area contributed by atoms with Gasteiger partial charge in [-0.05, 0) is 46.2 Å². The summed E-state index contributed by atoms with van der Waals surface area (Å²) in [5.74, 6) is 0.503. The maximum Gasteiger partial charge on any atom is 0.104 e. The van der Waals surface area contributed by atoms with Crippen LogP contribution in [0.3, 0.4) is 0 Å². The van der Waals surface area contributed by atoms with Crippen LogP contribution in [0.25, 0.3) is 0 Å². The standard InChI is InChI=1S/C21H22N2O/c1-13(2)15-5-7-16(8-6-15)21(24)17-9-18(11-22)20(14(3)4)19(10-17)12-23/h5-10,13-14,21,24H,1-4H3. The van der Waals surface area contributed by atoms with Crippen molar-refractivity contribution in [1.29, 1.82) is 10.5 Å². The highest BCUT2D eigenvalue weighted by Crippen LogP contribution is 2.30. The lowest BCUT2D eigenvalue weighted by atomic mass is 9.88. The Morgan fingerprint density at radius 3 is 1.58 bits per heavy atom. The van der Waals surface area contributed by atoms with E-state index in [9.17, 15) is 15.6 Å². The van der Waals surface area contributed by atoms with Crippen LogP contribution in [-0.4, -0.2) is 5.11 Å². The minimum absolute atomic E-state index is 0.0748. The number of aliphatic hydroxyl groups is 1. The first-order chi connectivity index (χ1) is 11.4. The SMILES string of the molecule is CC(C)c1ccc(C(O)c2cc(C#N)c(C(C)C)c(C#N)c2)cc1. The summed E-state index contributed by atoms with van der Waals surface area (Å²) in [6.07, 6.45) is -0.855. The number of aliphatic hydroxyl groups excluding tert-OH is 1. The van der Waals surface area contributed by atoms with Gasteiger partial charge in [0.1, 0.15) is 6.10 Å². The molecule has 0 fully saturated rings. The van der Waals surface area contributed by atoms with Crippen molar-refractivity contribution in [2.24, 2.45) is 0 Å². The van der Waals surface area contributed by atoms with Crippen molar-refractivity contribution in [3.05, 3.63) is 69.8 Å². The molecule has 0 saturated heterocycles. The largest absolute Gasteiger partial charge is 0.384 e. The number of rotatable bonds is 4. The highest BCUT2D eigenvalue weighted by Gasteiger charge is 2.18. The average Bonchev–Trinajstić information content (AvgIpc) is 2.59. The predicted molar refractivity (Wildman–Crippen MR) is 94.6 cm³/mol. The van der Waals surface area contributed by atoms with E-state index >= 15 is 0 Å². The second-order valence-corrected chi connectivity index (χ2v) is 6.63. The van der Waals surface area contributed by atoms with Gasteiger partial charge in [-0.2, -0.15) is 10.5 Å². The summed E-state index contributed by atoms with van der Waals surface area (Å²) in [6.45, 7) is 8.15. The number of hydrogen-bond acceptors (Lipinski definition) is 3. The van der Waals surface area contributed by atoms with E-state index in [1.165, 1.54) is 5.56 Å². The lowest BCUT2D eigenvalue weighted by Crippen LogP contribution is -2.05. The van der Waals surface area contributed by atoms with Crippen LogP contribution in [0.1, 0.15) is 79.0 Å². The van der Waals surface area contributed by atoms with Crippen LogP contribution >= 0.6 is 0 Å². The van der Waals surface area contributed by atoms with Crippen LogP contribution in [0.2, 0.25) is 0 Å². The summed E-state index contributed by atoms with van der Waals surface area (Å²) in [4.78, 5) is 0. The molecule has 24 heavy (non-hydrogen) atoms. The molecule has 0 spiro atoms. The van der Waals surface area contributed by atoms with E-state index in [1.54, 1.807) is 12.1 Å². The Bertz CT molecular complexity index is 770. The highest BCUT2D eigenvalue weighted by atomic mass is 16.3. The van der Waals surface area contributed by atoms with E-state index in [-0.39, 0.29) is 5.92 Å². The number of hydrogen-bond donors (Lipinski definition) is 1. The molecular weight excluding hydrogens is 296 g/mol. The monoisotopic (exact) mass is 318 g/mol. The Morgan fingerprint density at radius 2 is 1.21 bits per heavy atom. The fourth-order valence-electron chi connectivity index (χ4n) is 2.90. The molecule has 3 nitrogen and oxygen atoms in total. The average molecular weight is 318 g/mol. The third-order valence-corrected chi connectivity index (χ3v) is 4.26. The van der Waals surface area contributed by atoms with Gasteiger partial charge in [0.05, 0.1) is 23.3 Å². The van der Waals surface area contributed by atoms with E-state index in [2.05, 4.69) is 26.0 Å². The maximum absolute atomic E-state index is 10.7. The van der Waals surface area contributed by atoms with Crippen LogP contribution in [-0.2, 0) is 0 Å². The lowest BCUT2D eigenvalue weighted by molar-refractivity contribution is 0.220. The van der Waals surface area contributed by atoms with Gasteiger partial charge in [-0.15, -0.1) is 0 Å². The number of nitriles is 2. The summed E-state index contributed by atoms with van der Waals surface area (Å²) >= 11 is 0. The first-order valence-corrected chi connectivity index (χ1v) is 8.15. The van der Waals surface area contributed by atoms with Gasteiger partial charge in [-0.1, -0.05) is 52.0 Å². The summed E-state index contributed by atoms with van der Waals surface area (Å²) in [5, 5.41) is 29.5. The quantitative estimate of drug-likeness (QED) is 0.883. The van der Waals surface area contributed by atoms with Gasteiger partial charge in [-0.3, -0.25) is 0 Å². The van der Waals surface area contributed by atoms with Gasteiger partial charge < -0.3 is 5.11 Å². The van der Waals surface area contributed by atoms with Gasteiger partial charge in [0.25, 0.3) is 0 Å². The van der Waals surface area contributed by atoms with E-state index in [4.69, 9.17) is 0 Å². The minimum atomic E-state index is -0.855. The first-order valence-electron chi connectivity index (χ1n) is 8.15. The molecular formula is C21H22N2O. The molecule has 2 rings (SSSR count). The zero-order valence-electron chi connectivity index (χ0n) is 14.5. The number of nitrogens with zero attached hydrogens (tertiary/aromatic N) is 2. The fraction of sp³-hybridized carbons (Fsp3) is 0.333. The predicted octanol–water partition coefficient (Wildman–Crippen LogP) is 4.76. The van der Waals surface area contributed by atoms with Crippen molar-refractivity contribution in [1.82, 2.24) is 0 Å². The number of benzene rings is 2. The molecule has 2 aromatic carbocycles. The van der Waals surface area contributed by atoms with Crippen molar-refractivity contribution in [3.8, 4) is 12.1 Å². The molecule has 1 atom stereocenters. The second-order valence-electron chi connectivity index (χ2n) is 6.63. The van der Waals surface area contributed by atoms with E-state index in [1.807, 2.05) is 38.1 Å². The molecule has 0 aliphatic heterocycles. The first kappa shape index (κ1) is 17.7. The molecule has 0 amide bonds. The Balaban J connectivity index is 2.48. The molecule has 3 heteroatoms. The Morgan fingerprint density at radius 1 is 0.750 bits per heavy atom. The van der Waals surface area contributed by atoms with E-state index in [0.29, 0.717) is 22.6 Å². The molecule has 122 valence electrons. The van der Waals surface area contributed by atoms with Crippen molar-refractivity contribution in [3.63, 3.8) is 0 Å². The lowest BCUT2D eigenvalue weighted by Gasteiger charge is -2.17. The van der Waals surface area contributed by atoms with E-state index in [0.717, 1.165) is 11.1 Å². The highest BCUT2D eigenvalue weighted by molar-refractivity contribution is 5.53. The normalized spacial score (nSPS) is 12.0. The molecule has 0 aliphatic carbocycles. The summed E-state index contributed by atoms with van der Waals surface area (Å²) in [6, 6.07) is 15.5. The smallest absolute Gasteiger partial charge is 0.104 e. The van der Waals surface area contributed by atoms with Crippen LogP contribution in [0.15, 0.2) is 36.4 Å². The molecule has 0 radical (unpaired) electrons. The minimum Gasteiger partial charge on any atom is -0.384 e. The van der Waals surface area contributed by atoms with Gasteiger partial charge in [0, 0.05) is 0 Å². The topological polar surface area (TPSA) is 67.8 Å². The van der Waals surface area contributed by atoms with Crippen molar-refractivity contribution >= 4 is 0 Å². The van der Waals surface area contributed by atoms with Crippen LogP contribution in [0.5, 0.6) is 0 Å². The van der Waals surface area contributed by atoms with Gasteiger partial charge in [-0.25, -0.2) is 0 Å². The molecule has 2 aromatic rings. The Kier molecular flexibility index (Phi) is 5.39. The summed E-state index contributed by atoms with van der Waals surface area (Å²) in [7, 11) is 0. The van der Waals surface area contributed by atoms with Gasteiger partial charge in [0.15, 0.2) is 0 Å². The van der Waals surface area contributed by atoms with Gasteiger partial charge >= 0.3 is 0 Å². The molecule has 0 aliphatic rings. The molecule has 1 N–H and O–H groups in total. The summed E-state index contributed by atoms with van der Waals surface area (Å²) in [5.41, 5.74) is 4.19. The van der Waals surface area contributed by atoms with Crippen LogP contribution in [0.4, 0.5) is 0 Å². The molecule has 0 heterocycles. The van der Waals surface area contributed by atoms with E-state index < -0.39 is 6.10 Å². The summed E-state index contributed by atoms with van der Waals surface area (Å²) < 4.78 is 0. The zero-order valence-corrected chi connectivity index (χ0v) is 14.5. The Labute approximate surface area is 143 Å². The molecule has 0 saturated carbocycles. The van der Waals surface area contributed by atoms with Gasteiger partial charge in [0.2, 0.25) is 0 Å². The molecule has 0 bridgehead atoms. The van der Waals surface area contributed by atoms with Crippen molar-refractivity contribution < 1.29 is 5.11 Å². The maximum atomic E-state index is 10.7. The molecule has 1 unspecified atom stereocenters. The zero-order chi connectivity index (χ0) is 17.9. The van der Waals surface area contributed by atoms with Crippen LogP contribution in [0, 0.1) is 22.7 Å². The Hall–Kier alpha value is -2.62. The third-order valence-electron chi connectivity index (χ3n) is 4.26. The third kappa shape index (κ3) is 3.48. The second kappa shape index (κ2) is 7.30. The van der Waals surface area contributed by atoms with Crippen LogP contribution < -0.4 is 0 Å². The fourth-order valence-corrected chi connectivity index (χ4v) is 2.90. The van der Waals surface area contributed by atoms with Crippen molar-refractivity contribution in [2.75, 3.05) is 0 Å².